The number of hydrogen-bond donors (Lipinski definition) is 0. The van der Waals surface area contributed by atoms with Gasteiger partial charge in [-0.3, -0.25) is 0 Å². The molecule has 2 unspecified atom stereocenters. The van der Waals surface area contributed by atoms with Crippen molar-refractivity contribution in [3.05, 3.63) is 57.0 Å². The van der Waals surface area contributed by atoms with Gasteiger partial charge in [-0.1, -0.05) is 43.6 Å². The molecule has 2 rings (SSSR count). The molecule has 0 heterocycles. The lowest BCUT2D eigenvalue weighted by Gasteiger charge is -2.16. The second kappa shape index (κ2) is 7.83. The Labute approximate surface area is 161 Å². The van der Waals surface area contributed by atoms with Crippen LogP contribution in [0.15, 0.2) is 22.9 Å². The molecule has 0 radical (unpaired) electrons. The molecule has 0 bridgehead atoms. The second-order valence-corrected chi connectivity index (χ2v) is 8.00. The van der Waals surface area contributed by atoms with Gasteiger partial charge in [-0.15, -0.1) is 0 Å². The molecule has 1 aromatic rings. The summed E-state index contributed by atoms with van der Waals surface area (Å²) in [5.41, 5.74) is -0.797. The molecule has 1 aliphatic carbocycles. The van der Waals surface area contributed by atoms with Crippen molar-refractivity contribution in [1.29, 1.82) is 0 Å². The first-order chi connectivity index (χ1) is 12.0. The Balaban J connectivity index is 2.18. The Morgan fingerprint density at radius 2 is 1.69 bits per heavy atom. The van der Waals surface area contributed by atoms with Crippen molar-refractivity contribution in [1.82, 2.24) is 0 Å². The molecule has 1 aromatic carbocycles. The summed E-state index contributed by atoms with van der Waals surface area (Å²) in [7, 11) is 1.28. The van der Waals surface area contributed by atoms with Crippen LogP contribution in [-0.2, 0) is 22.7 Å². The van der Waals surface area contributed by atoms with E-state index in [0.29, 0.717) is 5.76 Å². The molecule has 1 saturated carbocycles. The van der Waals surface area contributed by atoms with Gasteiger partial charge in [0.2, 0.25) is 0 Å². The average Bonchev–Trinajstić information content (AvgIpc) is 3.09. The lowest BCUT2D eigenvalue weighted by molar-refractivity contribution is 0.167. The van der Waals surface area contributed by atoms with Crippen LogP contribution in [0.25, 0.3) is 0 Å². The zero-order valence-electron chi connectivity index (χ0n) is 15.1. The number of rotatable bonds is 7. The zero-order valence-corrected chi connectivity index (χ0v) is 16.6. The van der Waals surface area contributed by atoms with Gasteiger partial charge in [0.15, 0.2) is 11.6 Å². The van der Waals surface area contributed by atoms with Crippen LogP contribution < -0.4 is 0 Å². The molecule has 2 nitrogen and oxygen atoms in total. The Morgan fingerprint density at radius 3 is 2.23 bits per heavy atom. The summed E-state index contributed by atoms with van der Waals surface area (Å²) in [5, 5.41) is 0. The Hall–Kier alpha value is -1.17. The van der Waals surface area contributed by atoms with Crippen LogP contribution in [0, 0.1) is 41.6 Å². The smallest absolute Gasteiger partial charge is 0.167 e. The number of ether oxygens (including phenoxy) is 2. The minimum Gasteiger partial charge on any atom is -0.493 e. The fourth-order valence-electron chi connectivity index (χ4n) is 3.32. The first kappa shape index (κ1) is 21.1. The van der Waals surface area contributed by atoms with Gasteiger partial charge in [-0.25, -0.2) is 13.2 Å². The van der Waals surface area contributed by atoms with E-state index in [1.165, 1.54) is 14.0 Å². The first-order valence-corrected chi connectivity index (χ1v) is 8.77. The molecule has 0 saturated heterocycles. The van der Waals surface area contributed by atoms with Gasteiger partial charge in [0.25, 0.3) is 0 Å². The van der Waals surface area contributed by atoms with E-state index < -0.39 is 23.0 Å². The molecule has 0 aliphatic heterocycles. The predicted octanol–water partition coefficient (Wildman–Crippen LogP) is 6.18. The quantitative estimate of drug-likeness (QED) is 0.396. The minimum atomic E-state index is -1.26. The molecule has 7 heteroatoms. The van der Waals surface area contributed by atoms with E-state index in [0.717, 1.165) is 0 Å². The fourth-order valence-corrected chi connectivity index (χ4v) is 3.59. The van der Waals surface area contributed by atoms with Crippen molar-refractivity contribution in [3.63, 3.8) is 0 Å². The highest BCUT2D eigenvalue weighted by Gasteiger charge is 2.58. The molecular weight excluding hydrogens is 388 g/mol. The summed E-state index contributed by atoms with van der Waals surface area (Å²) >= 11 is 11.4. The van der Waals surface area contributed by atoms with Crippen molar-refractivity contribution in [2.24, 2.45) is 17.3 Å². The Morgan fingerprint density at radius 1 is 1.12 bits per heavy atom. The molecule has 0 aromatic heterocycles. The van der Waals surface area contributed by atoms with Crippen LogP contribution in [0.5, 0.6) is 0 Å². The van der Waals surface area contributed by atoms with Crippen LogP contribution in [-0.4, -0.2) is 7.11 Å². The van der Waals surface area contributed by atoms with Crippen LogP contribution >= 0.6 is 23.2 Å². The maximum Gasteiger partial charge on any atom is 0.167 e. The van der Waals surface area contributed by atoms with Crippen molar-refractivity contribution in [2.75, 3.05) is 7.11 Å². The molecule has 26 heavy (non-hydrogen) atoms. The molecule has 1 aliphatic rings. The number of halogens is 5. The van der Waals surface area contributed by atoms with Gasteiger partial charge >= 0.3 is 0 Å². The molecular formula is C19H21Cl2F3O2. The Bertz CT molecular complexity index is 727. The summed E-state index contributed by atoms with van der Waals surface area (Å²) in [4.78, 5) is 0. The normalized spacial score (nSPS) is 20.7. The van der Waals surface area contributed by atoms with Gasteiger partial charge in [0.1, 0.15) is 16.9 Å². The number of allylic oxidation sites excluding steroid dienone is 2. The highest BCUT2D eigenvalue weighted by Crippen LogP contribution is 2.62. The lowest BCUT2D eigenvalue weighted by atomic mass is 10.0. The van der Waals surface area contributed by atoms with E-state index in [1.807, 2.05) is 13.8 Å². The number of methoxy groups -OCH3 is 1. The third-order valence-electron chi connectivity index (χ3n) is 5.02. The van der Waals surface area contributed by atoms with E-state index >= 15 is 0 Å². The monoisotopic (exact) mass is 408 g/mol. The van der Waals surface area contributed by atoms with Crippen molar-refractivity contribution in [2.45, 2.75) is 34.0 Å². The minimum absolute atomic E-state index is 0.0148. The summed E-state index contributed by atoms with van der Waals surface area (Å²) in [6, 6.07) is 0. The summed E-state index contributed by atoms with van der Waals surface area (Å²) in [6.07, 6.45) is 1.70. The van der Waals surface area contributed by atoms with Crippen molar-refractivity contribution < 1.29 is 22.6 Å². The van der Waals surface area contributed by atoms with E-state index in [-0.39, 0.29) is 46.1 Å². The summed E-state index contributed by atoms with van der Waals surface area (Å²) in [6.45, 7) is 8.55. The topological polar surface area (TPSA) is 18.5 Å². The van der Waals surface area contributed by atoms with Gasteiger partial charge in [0, 0.05) is 18.6 Å². The van der Waals surface area contributed by atoms with Crippen LogP contribution in [0.3, 0.4) is 0 Å². The van der Waals surface area contributed by atoms with Crippen LogP contribution in [0.2, 0.25) is 0 Å². The molecule has 144 valence electrons. The lowest BCUT2D eigenvalue weighted by Crippen LogP contribution is -2.10. The third-order valence-corrected chi connectivity index (χ3v) is 5.28. The SMILES string of the molecule is C=C(OCc1c(C)c(F)c(COC)c(F)c1F)C1C(C=C(Cl)Cl)C1(C)C. The van der Waals surface area contributed by atoms with Gasteiger partial charge in [-0.05, 0) is 29.9 Å². The number of benzene rings is 1. The van der Waals surface area contributed by atoms with E-state index in [4.69, 9.17) is 32.7 Å². The van der Waals surface area contributed by atoms with Crippen LogP contribution in [0.4, 0.5) is 13.2 Å². The fraction of sp³-hybridized carbons (Fsp3) is 0.474. The van der Waals surface area contributed by atoms with E-state index in [9.17, 15) is 13.2 Å². The maximum absolute atomic E-state index is 14.3. The van der Waals surface area contributed by atoms with Gasteiger partial charge in [0.05, 0.1) is 17.9 Å². The molecule has 0 spiro atoms. The number of hydrogen-bond acceptors (Lipinski definition) is 2. The highest BCUT2D eigenvalue weighted by atomic mass is 35.5. The van der Waals surface area contributed by atoms with Crippen LogP contribution in [0.1, 0.15) is 30.5 Å². The second-order valence-electron chi connectivity index (χ2n) is 6.99. The van der Waals surface area contributed by atoms with E-state index in [2.05, 4.69) is 6.58 Å². The largest absolute Gasteiger partial charge is 0.493 e. The maximum atomic E-state index is 14.3. The summed E-state index contributed by atoms with van der Waals surface area (Å²) in [5.74, 6) is -2.88. The zero-order chi connectivity index (χ0) is 19.8. The Kier molecular flexibility index (Phi) is 6.36. The molecule has 0 N–H and O–H groups in total. The summed E-state index contributed by atoms with van der Waals surface area (Å²) < 4.78 is 53.2. The first-order valence-electron chi connectivity index (χ1n) is 8.02. The average molecular weight is 409 g/mol. The van der Waals surface area contributed by atoms with Gasteiger partial charge < -0.3 is 9.47 Å². The highest BCUT2D eigenvalue weighted by molar-refractivity contribution is 6.55. The van der Waals surface area contributed by atoms with Gasteiger partial charge in [-0.2, -0.15) is 0 Å². The molecule has 1 fully saturated rings. The van der Waals surface area contributed by atoms with E-state index in [1.54, 1.807) is 6.08 Å². The molecule has 2 atom stereocenters. The molecule has 0 amide bonds. The standard InChI is InChI=1S/C19H21Cl2F3O2/c1-9-11(17(23)18(24)12(7-25-5)16(9)22)8-26-10(2)15-13(6-14(20)21)19(15,3)4/h6,13,15H,2,7-8H2,1,3-5H3. The predicted molar refractivity (Wildman–Crippen MR) is 96.2 cm³/mol. The third kappa shape index (κ3) is 3.90. The van der Waals surface area contributed by atoms with Crippen molar-refractivity contribution in [3.8, 4) is 0 Å². The van der Waals surface area contributed by atoms with Crippen molar-refractivity contribution >= 4 is 23.2 Å².